The third-order valence-electron chi connectivity index (χ3n) is 3.04. The number of thiazole rings is 1. The number of aromatic carboxylic acids is 1. The Hall–Kier alpha value is -0.940. The highest BCUT2D eigenvalue weighted by Gasteiger charge is 2.19. The molecule has 1 unspecified atom stereocenters. The van der Waals surface area contributed by atoms with Gasteiger partial charge in [-0.2, -0.15) is 0 Å². The van der Waals surface area contributed by atoms with Crippen LogP contribution in [0.25, 0.3) is 0 Å². The van der Waals surface area contributed by atoms with Gasteiger partial charge in [0.1, 0.15) is 4.88 Å². The molecule has 0 aliphatic rings. The summed E-state index contributed by atoms with van der Waals surface area (Å²) in [7, 11) is 0. The molecule has 19 heavy (non-hydrogen) atoms. The van der Waals surface area contributed by atoms with Crippen molar-refractivity contribution >= 4 is 17.3 Å². The van der Waals surface area contributed by atoms with Gasteiger partial charge < -0.3 is 10.0 Å². The summed E-state index contributed by atoms with van der Waals surface area (Å²) in [6.45, 7) is 11.4. The number of carbonyl (C=O) groups is 1. The molecule has 0 bridgehead atoms. The lowest BCUT2D eigenvalue weighted by Gasteiger charge is -2.23. The SMILES string of the molecule is CCCN(CCC)CC(C)c1nc(C)c(C(=O)O)s1. The normalized spacial score (nSPS) is 12.9. The third kappa shape index (κ3) is 4.58. The van der Waals surface area contributed by atoms with Gasteiger partial charge in [-0.1, -0.05) is 20.8 Å². The second kappa shape index (κ2) is 7.60. The summed E-state index contributed by atoms with van der Waals surface area (Å²) in [6, 6.07) is 0. The molecule has 1 aromatic rings. The first kappa shape index (κ1) is 16.1. The fraction of sp³-hybridized carbons (Fsp3) is 0.714. The van der Waals surface area contributed by atoms with E-state index in [1.165, 1.54) is 11.3 Å². The summed E-state index contributed by atoms with van der Waals surface area (Å²) >= 11 is 1.32. The van der Waals surface area contributed by atoms with Crippen molar-refractivity contribution in [2.24, 2.45) is 0 Å². The summed E-state index contributed by atoms with van der Waals surface area (Å²) in [5.41, 5.74) is 0.636. The maximum Gasteiger partial charge on any atom is 0.347 e. The second-order valence-corrected chi connectivity index (χ2v) is 6.00. The quantitative estimate of drug-likeness (QED) is 0.795. The van der Waals surface area contributed by atoms with Gasteiger partial charge in [-0.3, -0.25) is 0 Å². The van der Waals surface area contributed by atoms with E-state index in [1.807, 2.05) is 0 Å². The first-order chi connectivity index (χ1) is 8.99. The lowest BCUT2D eigenvalue weighted by molar-refractivity contribution is 0.0701. The molecule has 0 spiro atoms. The minimum atomic E-state index is -0.868. The average Bonchev–Trinajstić information content (AvgIpc) is 2.72. The van der Waals surface area contributed by atoms with E-state index in [2.05, 4.69) is 30.7 Å². The standard InChI is InChI=1S/C14H24N2O2S/c1-5-7-16(8-6-2)9-10(3)13-15-11(4)12(19-13)14(17)18/h10H,5-9H2,1-4H3,(H,17,18). The van der Waals surface area contributed by atoms with E-state index < -0.39 is 5.97 Å². The van der Waals surface area contributed by atoms with Crippen LogP contribution in [0.3, 0.4) is 0 Å². The van der Waals surface area contributed by atoms with E-state index in [0.717, 1.165) is 37.5 Å². The summed E-state index contributed by atoms with van der Waals surface area (Å²) in [4.78, 5) is 18.3. The van der Waals surface area contributed by atoms with Crippen LogP contribution in [0.2, 0.25) is 0 Å². The lowest BCUT2D eigenvalue weighted by atomic mass is 10.1. The van der Waals surface area contributed by atoms with Crippen molar-refractivity contribution in [3.8, 4) is 0 Å². The number of rotatable bonds is 8. The molecule has 1 rings (SSSR count). The van der Waals surface area contributed by atoms with Crippen LogP contribution in [-0.2, 0) is 0 Å². The van der Waals surface area contributed by atoms with Gasteiger partial charge in [-0.05, 0) is 32.9 Å². The van der Waals surface area contributed by atoms with Crippen LogP contribution in [0.15, 0.2) is 0 Å². The molecule has 108 valence electrons. The van der Waals surface area contributed by atoms with E-state index in [0.29, 0.717) is 10.6 Å². The fourth-order valence-electron chi connectivity index (χ4n) is 2.22. The van der Waals surface area contributed by atoms with Gasteiger partial charge >= 0.3 is 5.97 Å². The van der Waals surface area contributed by atoms with Crippen molar-refractivity contribution in [1.82, 2.24) is 9.88 Å². The predicted octanol–water partition coefficient (Wildman–Crippen LogP) is 3.38. The molecule has 0 saturated carbocycles. The number of hydrogen-bond acceptors (Lipinski definition) is 4. The molecule has 0 fully saturated rings. The van der Waals surface area contributed by atoms with Crippen LogP contribution in [0, 0.1) is 6.92 Å². The summed E-state index contributed by atoms with van der Waals surface area (Å²) in [5, 5.41) is 10.0. The van der Waals surface area contributed by atoms with E-state index >= 15 is 0 Å². The van der Waals surface area contributed by atoms with E-state index in [1.54, 1.807) is 6.92 Å². The number of hydrogen-bond donors (Lipinski definition) is 1. The van der Waals surface area contributed by atoms with Crippen molar-refractivity contribution < 1.29 is 9.90 Å². The van der Waals surface area contributed by atoms with Gasteiger partial charge in [-0.25, -0.2) is 9.78 Å². The van der Waals surface area contributed by atoms with Crippen molar-refractivity contribution in [1.29, 1.82) is 0 Å². The molecular formula is C14H24N2O2S. The Bertz CT molecular complexity index is 412. The summed E-state index contributed by atoms with van der Waals surface area (Å²) in [5.74, 6) is -0.581. The Morgan fingerprint density at radius 2 is 1.95 bits per heavy atom. The van der Waals surface area contributed by atoms with Gasteiger partial charge in [-0.15, -0.1) is 11.3 Å². The number of carboxylic acid groups (broad SMARTS) is 1. The van der Waals surface area contributed by atoms with Crippen molar-refractivity contribution in [3.63, 3.8) is 0 Å². The molecule has 0 amide bonds. The molecule has 5 heteroatoms. The molecular weight excluding hydrogens is 260 g/mol. The van der Waals surface area contributed by atoms with E-state index in [4.69, 9.17) is 5.11 Å². The topological polar surface area (TPSA) is 53.4 Å². The Balaban J connectivity index is 2.73. The smallest absolute Gasteiger partial charge is 0.347 e. The third-order valence-corrected chi connectivity index (χ3v) is 4.42. The van der Waals surface area contributed by atoms with Crippen LogP contribution >= 0.6 is 11.3 Å². The maximum absolute atomic E-state index is 11.0. The molecule has 4 nitrogen and oxygen atoms in total. The first-order valence-corrected chi connectivity index (χ1v) is 7.74. The van der Waals surface area contributed by atoms with Crippen LogP contribution in [0.5, 0.6) is 0 Å². The van der Waals surface area contributed by atoms with E-state index in [-0.39, 0.29) is 5.92 Å². The lowest BCUT2D eigenvalue weighted by Crippen LogP contribution is -2.29. The highest BCUT2D eigenvalue weighted by molar-refractivity contribution is 7.13. The molecule has 0 aliphatic carbocycles. The van der Waals surface area contributed by atoms with E-state index in [9.17, 15) is 4.79 Å². The van der Waals surface area contributed by atoms with Crippen LogP contribution in [0.4, 0.5) is 0 Å². The number of aromatic nitrogens is 1. The largest absolute Gasteiger partial charge is 0.477 e. The molecule has 1 N–H and O–H groups in total. The van der Waals surface area contributed by atoms with Gasteiger partial charge in [0.05, 0.1) is 10.7 Å². The minimum Gasteiger partial charge on any atom is -0.477 e. The highest BCUT2D eigenvalue weighted by Crippen LogP contribution is 2.25. The van der Waals surface area contributed by atoms with Crippen molar-refractivity contribution in [2.75, 3.05) is 19.6 Å². The molecule has 0 radical (unpaired) electrons. The van der Waals surface area contributed by atoms with Crippen molar-refractivity contribution in [2.45, 2.75) is 46.5 Å². The Morgan fingerprint density at radius 1 is 1.37 bits per heavy atom. The van der Waals surface area contributed by atoms with Crippen LogP contribution in [-0.4, -0.2) is 40.6 Å². The average molecular weight is 284 g/mol. The Kier molecular flexibility index (Phi) is 6.45. The van der Waals surface area contributed by atoms with Gasteiger partial charge in [0.25, 0.3) is 0 Å². The Morgan fingerprint density at radius 3 is 2.37 bits per heavy atom. The van der Waals surface area contributed by atoms with Gasteiger partial charge in [0, 0.05) is 12.5 Å². The monoisotopic (exact) mass is 284 g/mol. The molecule has 0 aliphatic heterocycles. The maximum atomic E-state index is 11.0. The molecule has 0 saturated heterocycles. The van der Waals surface area contributed by atoms with Crippen LogP contribution < -0.4 is 0 Å². The molecule has 1 aromatic heterocycles. The van der Waals surface area contributed by atoms with Gasteiger partial charge in [0.2, 0.25) is 0 Å². The minimum absolute atomic E-state index is 0.287. The number of aryl methyl sites for hydroxylation is 1. The zero-order chi connectivity index (χ0) is 14.4. The fourth-order valence-corrected chi connectivity index (χ4v) is 3.17. The molecule has 1 heterocycles. The second-order valence-electron chi connectivity index (χ2n) is 4.97. The zero-order valence-corrected chi connectivity index (χ0v) is 13.1. The summed E-state index contributed by atoms with van der Waals surface area (Å²) < 4.78 is 0. The zero-order valence-electron chi connectivity index (χ0n) is 12.3. The molecule has 0 aromatic carbocycles. The first-order valence-electron chi connectivity index (χ1n) is 6.92. The van der Waals surface area contributed by atoms with Gasteiger partial charge in [0.15, 0.2) is 0 Å². The number of nitrogens with zero attached hydrogens (tertiary/aromatic N) is 2. The van der Waals surface area contributed by atoms with Crippen LogP contribution in [0.1, 0.15) is 59.9 Å². The molecule has 1 atom stereocenters. The highest BCUT2D eigenvalue weighted by atomic mass is 32.1. The predicted molar refractivity (Wildman–Crippen MR) is 79.2 cm³/mol. The summed E-state index contributed by atoms with van der Waals surface area (Å²) in [6.07, 6.45) is 2.29. The Labute approximate surface area is 119 Å². The number of carboxylic acids is 1. The van der Waals surface area contributed by atoms with Crippen molar-refractivity contribution in [3.05, 3.63) is 15.6 Å².